The van der Waals surface area contributed by atoms with Crippen LogP contribution in [0.5, 0.6) is 5.75 Å². The third-order valence-corrected chi connectivity index (χ3v) is 7.09. The summed E-state index contributed by atoms with van der Waals surface area (Å²) in [4.78, 5) is 10.9. The Morgan fingerprint density at radius 3 is 2.30 bits per heavy atom. The predicted molar refractivity (Wildman–Crippen MR) is 119 cm³/mol. The maximum Gasteiger partial charge on any atom is 0.341 e. The number of ether oxygens (including phenoxy) is 1. The van der Waals surface area contributed by atoms with Gasteiger partial charge in [0.15, 0.2) is 16.4 Å². The van der Waals surface area contributed by atoms with Crippen LogP contribution in [0, 0.1) is 5.82 Å². The Hall–Kier alpha value is -3.28. The number of sulfonamides is 1. The minimum Gasteiger partial charge on any atom is -0.481 e. The summed E-state index contributed by atoms with van der Waals surface area (Å²) in [6.45, 7) is -0.743. The van der Waals surface area contributed by atoms with Crippen LogP contribution in [0.2, 0.25) is 0 Å². The van der Waals surface area contributed by atoms with Gasteiger partial charge in [0.05, 0.1) is 9.79 Å². The van der Waals surface area contributed by atoms with Gasteiger partial charge >= 0.3 is 5.97 Å². The Labute approximate surface area is 190 Å². The summed E-state index contributed by atoms with van der Waals surface area (Å²) in [7, 11) is -7.41. The lowest BCUT2D eigenvalue weighted by molar-refractivity contribution is -0.139. The molecule has 0 saturated heterocycles. The molecule has 8 nitrogen and oxygen atoms in total. The number of aliphatic carboxylic acids is 1. The molecule has 0 bridgehead atoms. The zero-order valence-electron chi connectivity index (χ0n) is 17.4. The van der Waals surface area contributed by atoms with Gasteiger partial charge in [-0.25, -0.2) is 30.7 Å². The lowest BCUT2D eigenvalue weighted by atomic mass is 10.0. The smallest absolute Gasteiger partial charge is 0.341 e. The van der Waals surface area contributed by atoms with Gasteiger partial charge in [-0.3, -0.25) is 0 Å². The van der Waals surface area contributed by atoms with E-state index in [1.54, 1.807) is 18.2 Å². The van der Waals surface area contributed by atoms with Crippen molar-refractivity contribution in [2.45, 2.75) is 16.3 Å². The number of halogens is 1. The molecule has 0 amide bonds. The van der Waals surface area contributed by atoms with Gasteiger partial charge in [0.2, 0.25) is 10.0 Å². The standard InChI is InChI=1S/C22H20FNO7S2/c1-32(27,28)19-4-2-3-16(12-19)20-11-15(5-10-21(20)31-14-22(25)26)13-24-33(29,30)18-8-6-17(23)7-9-18/h2-12,24H,13-14H2,1H3,(H,25,26). The number of rotatable bonds is 9. The fraction of sp³-hybridized carbons (Fsp3) is 0.136. The SMILES string of the molecule is CS(=O)(=O)c1cccc(-c2cc(CNS(=O)(=O)c3ccc(F)cc3)ccc2OCC(=O)O)c1. The number of hydrogen-bond acceptors (Lipinski definition) is 6. The largest absolute Gasteiger partial charge is 0.481 e. The molecule has 3 aromatic rings. The van der Waals surface area contributed by atoms with Crippen molar-refractivity contribution in [3.05, 3.63) is 78.1 Å². The van der Waals surface area contributed by atoms with Gasteiger partial charge in [0.1, 0.15) is 11.6 Å². The molecule has 2 N–H and O–H groups in total. The zero-order valence-corrected chi connectivity index (χ0v) is 19.0. The Morgan fingerprint density at radius 1 is 0.970 bits per heavy atom. The highest BCUT2D eigenvalue weighted by atomic mass is 32.2. The molecule has 0 atom stereocenters. The first-order valence-electron chi connectivity index (χ1n) is 9.49. The molecular formula is C22H20FNO7S2. The number of sulfone groups is 1. The van der Waals surface area contributed by atoms with Crippen LogP contribution in [0.4, 0.5) is 4.39 Å². The van der Waals surface area contributed by atoms with Crippen molar-refractivity contribution >= 4 is 25.8 Å². The topological polar surface area (TPSA) is 127 Å². The highest BCUT2D eigenvalue weighted by Crippen LogP contribution is 2.32. The van der Waals surface area contributed by atoms with Crippen LogP contribution >= 0.6 is 0 Å². The molecule has 0 heterocycles. The average molecular weight is 494 g/mol. The van der Waals surface area contributed by atoms with Gasteiger partial charge in [0, 0.05) is 18.4 Å². The molecule has 0 unspecified atom stereocenters. The molecule has 33 heavy (non-hydrogen) atoms. The molecule has 3 aromatic carbocycles. The number of carboxylic acid groups (broad SMARTS) is 1. The Kier molecular flexibility index (Phi) is 7.15. The van der Waals surface area contributed by atoms with Gasteiger partial charge in [-0.1, -0.05) is 18.2 Å². The molecule has 0 aliphatic heterocycles. The second-order valence-corrected chi connectivity index (χ2v) is 10.9. The third kappa shape index (κ3) is 6.37. The lowest BCUT2D eigenvalue weighted by Gasteiger charge is -2.14. The van der Waals surface area contributed by atoms with Crippen molar-refractivity contribution in [1.82, 2.24) is 4.72 Å². The van der Waals surface area contributed by atoms with E-state index in [1.807, 2.05) is 0 Å². The summed E-state index contributed by atoms with van der Waals surface area (Å²) < 4.78 is 69.7. The highest BCUT2D eigenvalue weighted by Gasteiger charge is 2.16. The quantitative estimate of drug-likeness (QED) is 0.469. The molecule has 0 spiro atoms. The van der Waals surface area contributed by atoms with E-state index < -0.39 is 38.3 Å². The minimum absolute atomic E-state index is 0.0617. The van der Waals surface area contributed by atoms with E-state index in [0.717, 1.165) is 30.5 Å². The van der Waals surface area contributed by atoms with Crippen LogP contribution in [-0.2, 0) is 31.2 Å². The molecule has 0 saturated carbocycles. The molecule has 11 heteroatoms. The van der Waals surface area contributed by atoms with E-state index in [4.69, 9.17) is 9.84 Å². The summed E-state index contributed by atoms with van der Waals surface area (Å²) in [6, 6.07) is 15.0. The number of nitrogens with one attached hydrogen (secondary N) is 1. The first-order chi connectivity index (χ1) is 15.5. The van der Waals surface area contributed by atoms with Crippen molar-refractivity contribution in [3.8, 4) is 16.9 Å². The minimum atomic E-state index is -3.92. The first-order valence-corrected chi connectivity index (χ1v) is 12.9. The number of hydrogen-bond donors (Lipinski definition) is 2. The summed E-state index contributed by atoms with van der Waals surface area (Å²) >= 11 is 0. The van der Waals surface area contributed by atoms with Crippen molar-refractivity contribution in [3.63, 3.8) is 0 Å². The second-order valence-electron chi connectivity index (χ2n) is 7.09. The van der Waals surface area contributed by atoms with E-state index in [-0.39, 0.29) is 22.1 Å². The Bertz CT molecular complexity index is 1390. The number of benzene rings is 3. The van der Waals surface area contributed by atoms with Crippen LogP contribution in [0.25, 0.3) is 11.1 Å². The predicted octanol–water partition coefficient (Wildman–Crippen LogP) is 2.84. The van der Waals surface area contributed by atoms with Crippen LogP contribution in [0.1, 0.15) is 5.56 Å². The molecule has 0 aliphatic carbocycles. The Balaban J connectivity index is 1.95. The number of carboxylic acids is 1. The van der Waals surface area contributed by atoms with Gasteiger partial charge < -0.3 is 9.84 Å². The maximum absolute atomic E-state index is 13.1. The number of carbonyl (C=O) groups is 1. The van der Waals surface area contributed by atoms with Gasteiger partial charge in [0.25, 0.3) is 0 Å². The lowest BCUT2D eigenvalue weighted by Crippen LogP contribution is -2.23. The van der Waals surface area contributed by atoms with E-state index in [9.17, 15) is 26.0 Å². The monoisotopic (exact) mass is 493 g/mol. The van der Waals surface area contributed by atoms with Gasteiger partial charge in [-0.15, -0.1) is 0 Å². The van der Waals surface area contributed by atoms with Crippen molar-refractivity contribution < 1.29 is 35.9 Å². The first kappa shape index (κ1) is 24.4. The zero-order chi connectivity index (χ0) is 24.2. The van der Waals surface area contributed by atoms with Crippen LogP contribution in [0.3, 0.4) is 0 Å². The summed E-state index contributed by atoms with van der Waals surface area (Å²) in [6.07, 6.45) is 1.06. The normalized spacial score (nSPS) is 11.8. The van der Waals surface area contributed by atoms with E-state index >= 15 is 0 Å². The fourth-order valence-corrected chi connectivity index (χ4v) is 4.63. The summed E-state index contributed by atoms with van der Waals surface area (Å²) in [5.74, 6) is -1.57. The summed E-state index contributed by atoms with van der Waals surface area (Å²) in [5, 5.41) is 8.94. The third-order valence-electron chi connectivity index (χ3n) is 4.56. The van der Waals surface area contributed by atoms with Crippen LogP contribution in [0.15, 0.2) is 76.5 Å². The van der Waals surface area contributed by atoms with E-state index in [1.165, 1.54) is 24.3 Å². The van der Waals surface area contributed by atoms with Crippen LogP contribution < -0.4 is 9.46 Å². The Morgan fingerprint density at radius 2 is 1.67 bits per heavy atom. The fourth-order valence-electron chi connectivity index (χ4n) is 2.95. The van der Waals surface area contributed by atoms with Crippen molar-refractivity contribution in [2.24, 2.45) is 0 Å². The van der Waals surface area contributed by atoms with E-state index in [2.05, 4.69) is 4.72 Å². The molecule has 0 aromatic heterocycles. The van der Waals surface area contributed by atoms with Crippen LogP contribution in [-0.4, -0.2) is 40.8 Å². The summed E-state index contributed by atoms with van der Waals surface area (Å²) in [5.41, 5.74) is 1.34. The molecule has 0 radical (unpaired) electrons. The molecular weight excluding hydrogens is 473 g/mol. The molecule has 3 rings (SSSR count). The second kappa shape index (κ2) is 9.69. The van der Waals surface area contributed by atoms with Crippen molar-refractivity contribution in [1.29, 1.82) is 0 Å². The molecule has 0 aliphatic rings. The molecule has 0 fully saturated rings. The highest BCUT2D eigenvalue weighted by molar-refractivity contribution is 7.90. The molecule has 174 valence electrons. The van der Waals surface area contributed by atoms with Crippen molar-refractivity contribution in [2.75, 3.05) is 12.9 Å². The maximum atomic E-state index is 13.1. The van der Waals surface area contributed by atoms with E-state index in [0.29, 0.717) is 16.7 Å². The average Bonchev–Trinajstić information content (AvgIpc) is 2.76. The van der Waals surface area contributed by atoms with Gasteiger partial charge in [-0.05, 0) is 59.7 Å². The van der Waals surface area contributed by atoms with Gasteiger partial charge in [-0.2, -0.15) is 0 Å².